The zero-order valence-corrected chi connectivity index (χ0v) is 21.0. The van der Waals surface area contributed by atoms with Crippen LogP contribution >= 0.6 is 11.3 Å². The van der Waals surface area contributed by atoms with Crippen molar-refractivity contribution in [1.82, 2.24) is 30.1 Å². The zero-order chi connectivity index (χ0) is 24.8. The first kappa shape index (κ1) is 21.9. The molecule has 1 aliphatic rings. The number of rotatable bonds is 6. The number of thiophene rings is 1. The number of hydrogen-bond acceptors (Lipinski definition) is 6. The van der Waals surface area contributed by atoms with Crippen LogP contribution in [-0.2, 0) is 0 Å². The first-order chi connectivity index (χ1) is 18.2. The van der Waals surface area contributed by atoms with Gasteiger partial charge < -0.3 is 10.3 Å². The molecular formula is C29H25N7S. The average molecular weight is 504 g/mol. The normalized spacial score (nSPS) is 14.1. The lowest BCUT2D eigenvalue weighted by molar-refractivity contribution is 0.649. The van der Waals surface area contributed by atoms with E-state index in [1.165, 1.54) is 25.7 Å². The maximum Gasteiger partial charge on any atom is 0.135 e. The Morgan fingerprint density at radius 2 is 1.86 bits per heavy atom. The lowest BCUT2D eigenvalue weighted by Crippen LogP contribution is -2.07. The fraction of sp³-hybridized carbons (Fsp3) is 0.172. The van der Waals surface area contributed by atoms with Crippen LogP contribution in [0.3, 0.4) is 0 Å². The van der Waals surface area contributed by atoms with E-state index in [0.29, 0.717) is 5.92 Å². The summed E-state index contributed by atoms with van der Waals surface area (Å²) in [5.41, 5.74) is 10.4. The molecule has 0 unspecified atom stereocenters. The lowest BCUT2D eigenvalue weighted by atomic mass is 10.0. The smallest absolute Gasteiger partial charge is 0.135 e. The molecule has 0 spiro atoms. The standard InChI is InChI=1S/C29H25N7S/c1-17(18-4-2-3-5-18)32-21-10-20(12-30-13-21)24-6-7-25-28(34-24)29(36-35-25)26-11-22-23(19-8-9-37-16-19)14-31-15-27(22)33-26/h6-16,18,32-33H,1-5H2,(H,35,36). The third-order valence-electron chi connectivity index (χ3n) is 7.23. The Bertz CT molecular complexity index is 1740. The maximum absolute atomic E-state index is 5.00. The second-order valence-corrected chi connectivity index (χ2v) is 10.4. The molecular weight excluding hydrogens is 478 g/mol. The Morgan fingerprint density at radius 3 is 2.73 bits per heavy atom. The third kappa shape index (κ3) is 3.99. The van der Waals surface area contributed by atoms with Gasteiger partial charge in [-0.2, -0.15) is 16.4 Å². The molecule has 7 nitrogen and oxygen atoms in total. The predicted molar refractivity (Wildman–Crippen MR) is 150 cm³/mol. The van der Waals surface area contributed by atoms with Crippen molar-refractivity contribution in [2.75, 3.05) is 5.32 Å². The van der Waals surface area contributed by atoms with Gasteiger partial charge in [-0.15, -0.1) is 0 Å². The van der Waals surface area contributed by atoms with Gasteiger partial charge in [0.1, 0.15) is 11.2 Å². The molecule has 0 aromatic carbocycles. The minimum atomic E-state index is 0.540. The van der Waals surface area contributed by atoms with Crippen molar-refractivity contribution in [3.8, 4) is 33.8 Å². The summed E-state index contributed by atoms with van der Waals surface area (Å²) in [6.07, 6.45) is 12.4. The molecule has 0 radical (unpaired) electrons. The largest absolute Gasteiger partial charge is 0.358 e. The van der Waals surface area contributed by atoms with Gasteiger partial charge in [-0.1, -0.05) is 19.4 Å². The van der Waals surface area contributed by atoms with Gasteiger partial charge in [0.05, 0.1) is 40.5 Å². The van der Waals surface area contributed by atoms with E-state index in [4.69, 9.17) is 4.98 Å². The molecule has 6 aromatic heterocycles. The number of aromatic amines is 2. The lowest BCUT2D eigenvalue weighted by Gasteiger charge is -2.15. The fourth-order valence-electron chi connectivity index (χ4n) is 5.28. The molecule has 7 rings (SSSR count). The summed E-state index contributed by atoms with van der Waals surface area (Å²) < 4.78 is 0. The molecule has 1 aliphatic carbocycles. The van der Waals surface area contributed by atoms with E-state index in [-0.39, 0.29) is 0 Å². The maximum atomic E-state index is 5.00. The van der Waals surface area contributed by atoms with Crippen molar-refractivity contribution >= 4 is 39.0 Å². The fourth-order valence-corrected chi connectivity index (χ4v) is 5.94. The van der Waals surface area contributed by atoms with Gasteiger partial charge in [0.15, 0.2) is 0 Å². The summed E-state index contributed by atoms with van der Waals surface area (Å²) in [5, 5.41) is 16.6. The van der Waals surface area contributed by atoms with Crippen molar-refractivity contribution in [3.63, 3.8) is 0 Å². The molecule has 0 saturated heterocycles. The number of hydrogen-bond donors (Lipinski definition) is 3. The van der Waals surface area contributed by atoms with Crippen molar-refractivity contribution < 1.29 is 0 Å². The molecule has 0 aliphatic heterocycles. The predicted octanol–water partition coefficient (Wildman–Crippen LogP) is 7.41. The monoisotopic (exact) mass is 503 g/mol. The van der Waals surface area contributed by atoms with E-state index in [9.17, 15) is 0 Å². The topological polar surface area (TPSA) is 95.2 Å². The molecule has 6 aromatic rings. The first-order valence-electron chi connectivity index (χ1n) is 12.5. The molecule has 0 amide bonds. The van der Waals surface area contributed by atoms with E-state index in [1.807, 2.05) is 36.9 Å². The summed E-state index contributed by atoms with van der Waals surface area (Å²) in [5.74, 6) is 0.540. The van der Waals surface area contributed by atoms with Crippen molar-refractivity contribution in [1.29, 1.82) is 0 Å². The van der Waals surface area contributed by atoms with Gasteiger partial charge in [0, 0.05) is 34.6 Å². The molecule has 182 valence electrons. The second-order valence-electron chi connectivity index (χ2n) is 9.60. The van der Waals surface area contributed by atoms with Crippen LogP contribution < -0.4 is 5.32 Å². The minimum absolute atomic E-state index is 0.540. The number of anilines is 1. The highest BCUT2D eigenvalue weighted by molar-refractivity contribution is 7.08. The Hall–Kier alpha value is -4.30. The third-order valence-corrected chi connectivity index (χ3v) is 7.91. The van der Waals surface area contributed by atoms with Gasteiger partial charge in [-0.3, -0.25) is 15.1 Å². The summed E-state index contributed by atoms with van der Waals surface area (Å²) in [7, 11) is 0. The summed E-state index contributed by atoms with van der Waals surface area (Å²) in [4.78, 5) is 17.4. The molecule has 0 atom stereocenters. The Labute approximate surface area is 217 Å². The Kier molecular flexibility index (Phi) is 5.32. The SMILES string of the molecule is C=C(Nc1cncc(-c2ccc3[nH]nc(-c4cc5c(-c6ccsc6)cncc5[nH]4)c3n2)c1)C1CCCC1. The van der Waals surface area contributed by atoms with Gasteiger partial charge in [0.25, 0.3) is 0 Å². The highest BCUT2D eigenvalue weighted by Gasteiger charge is 2.19. The van der Waals surface area contributed by atoms with Crippen LogP contribution in [0.1, 0.15) is 25.7 Å². The van der Waals surface area contributed by atoms with Crippen LogP contribution in [0.25, 0.3) is 55.7 Å². The van der Waals surface area contributed by atoms with Gasteiger partial charge in [0.2, 0.25) is 0 Å². The molecule has 1 saturated carbocycles. The van der Waals surface area contributed by atoms with Gasteiger partial charge in [-0.05, 0) is 65.4 Å². The van der Waals surface area contributed by atoms with Gasteiger partial charge >= 0.3 is 0 Å². The average Bonchev–Trinajstić information content (AvgIpc) is 3.74. The van der Waals surface area contributed by atoms with Crippen molar-refractivity contribution in [3.05, 3.63) is 78.2 Å². The van der Waals surface area contributed by atoms with Crippen LogP contribution in [-0.4, -0.2) is 30.1 Å². The van der Waals surface area contributed by atoms with Crippen molar-refractivity contribution in [2.24, 2.45) is 5.92 Å². The number of nitrogens with zero attached hydrogens (tertiary/aromatic N) is 4. The number of allylic oxidation sites excluding steroid dienone is 1. The molecule has 3 N–H and O–H groups in total. The molecule has 6 heterocycles. The van der Waals surface area contributed by atoms with Crippen LogP contribution in [0, 0.1) is 5.92 Å². The highest BCUT2D eigenvalue weighted by Crippen LogP contribution is 2.35. The van der Waals surface area contributed by atoms with E-state index in [1.54, 1.807) is 11.3 Å². The Balaban J connectivity index is 1.25. The second kappa shape index (κ2) is 8.97. The number of aromatic nitrogens is 6. The van der Waals surface area contributed by atoms with E-state index >= 15 is 0 Å². The molecule has 0 bridgehead atoms. The Morgan fingerprint density at radius 1 is 0.973 bits per heavy atom. The minimum Gasteiger partial charge on any atom is -0.358 e. The first-order valence-corrected chi connectivity index (χ1v) is 13.4. The van der Waals surface area contributed by atoms with E-state index in [2.05, 4.69) is 66.0 Å². The van der Waals surface area contributed by atoms with Crippen LogP contribution in [0.5, 0.6) is 0 Å². The summed E-state index contributed by atoms with van der Waals surface area (Å²) in [6.45, 7) is 4.28. The van der Waals surface area contributed by atoms with Crippen LogP contribution in [0.2, 0.25) is 0 Å². The number of H-pyrrole nitrogens is 2. The van der Waals surface area contributed by atoms with Crippen LogP contribution in [0.4, 0.5) is 5.69 Å². The van der Waals surface area contributed by atoms with Crippen molar-refractivity contribution in [2.45, 2.75) is 25.7 Å². The quantitative estimate of drug-likeness (QED) is 0.220. The number of fused-ring (bicyclic) bond motifs is 2. The molecule has 1 fully saturated rings. The zero-order valence-electron chi connectivity index (χ0n) is 20.2. The highest BCUT2D eigenvalue weighted by atomic mass is 32.1. The van der Waals surface area contributed by atoms with E-state index in [0.717, 1.165) is 67.1 Å². The summed E-state index contributed by atoms with van der Waals surface area (Å²) >= 11 is 1.68. The van der Waals surface area contributed by atoms with E-state index < -0.39 is 0 Å². The number of pyridine rings is 3. The van der Waals surface area contributed by atoms with Crippen LogP contribution in [0.15, 0.2) is 78.2 Å². The molecule has 8 heteroatoms. The molecule has 37 heavy (non-hydrogen) atoms. The van der Waals surface area contributed by atoms with Gasteiger partial charge in [-0.25, -0.2) is 4.98 Å². The number of nitrogens with one attached hydrogen (secondary N) is 3. The summed E-state index contributed by atoms with van der Waals surface area (Å²) in [6, 6.07) is 10.4.